The summed E-state index contributed by atoms with van der Waals surface area (Å²) < 4.78 is 0. The minimum Gasteiger partial charge on any atom is -0.343 e. The van der Waals surface area contributed by atoms with Crippen LogP contribution in [0.3, 0.4) is 0 Å². The van der Waals surface area contributed by atoms with E-state index >= 15 is 0 Å². The Morgan fingerprint density at radius 3 is 2.79 bits per heavy atom. The highest BCUT2D eigenvalue weighted by Gasteiger charge is 2.55. The smallest absolute Gasteiger partial charge is 0.327 e. The largest absolute Gasteiger partial charge is 0.343 e. The van der Waals surface area contributed by atoms with Crippen LogP contribution in [0.5, 0.6) is 0 Å². The molecule has 152 valence electrons. The van der Waals surface area contributed by atoms with E-state index in [4.69, 9.17) is 11.6 Å². The molecule has 4 rings (SSSR count). The van der Waals surface area contributed by atoms with E-state index < -0.39 is 0 Å². The molecular formula is C20H28ClN5O2. The third-order valence-corrected chi connectivity index (χ3v) is 6.56. The highest BCUT2D eigenvalue weighted by molar-refractivity contribution is 6.31. The van der Waals surface area contributed by atoms with Crippen molar-refractivity contribution in [3.05, 3.63) is 28.8 Å². The summed E-state index contributed by atoms with van der Waals surface area (Å²) in [5, 5.41) is 4.28. The van der Waals surface area contributed by atoms with Gasteiger partial charge in [0.15, 0.2) is 0 Å². The van der Waals surface area contributed by atoms with Crippen LogP contribution >= 0.6 is 11.6 Å². The minimum absolute atomic E-state index is 0.0822. The Labute approximate surface area is 171 Å². The first-order valence-corrected chi connectivity index (χ1v) is 10.4. The molecule has 1 aromatic rings. The van der Waals surface area contributed by atoms with Crippen LogP contribution in [0.2, 0.25) is 5.02 Å². The van der Waals surface area contributed by atoms with E-state index in [9.17, 15) is 9.59 Å². The predicted molar refractivity (Wildman–Crippen MR) is 109 cm³/mol. The Kier molecular flexibility index (Phi) is 5.24. The second-order valence-corrected chi connectivity index (χ2v) is 8.24. The fourth-order valence-corrected chi connectivity index (χ4v) is 4.76. The molecule has 7 nitrogen and oxygen atoms in total. The molecule has 0 aromatic heterocycles. The monoisotopic (exact) mass is 405 g/mol. The quantitative estimate of drug-likeness (QED) is 0.833. The standard InChI is InChI=1S/C20H28ClN5O2/c1-4-5-10-26-18(27)16-17(23(3)20(26)28)22-19-24(11-7-12-25(16)19)15-9-6-8-14(21)13(15)2/h6,8-9,16-17,19,22H,4-5,7,10-12H2,1-3H3. The molecule has 8 heteroatoms. The van der Waals surface area contributed by atoms with E-state index in [1.54, 1.807) is 11.9 Å². The maximum Gasteiger partial charge on any atom is 0.327 e. The number of unbranched alkanes of at least 4 members (excludes halogenated alkanes) is 1. The fourth-order valence-electron chi connectivity index (χ4n) is 4.59. The summed E-state index contributed by atoms with van der Waals surface area (Å²) in [6, 6.07) is 5.35. The lowest BCUT2D eigenvalue weighted by molar-refractivity contribution is -0.138. The minimum atomic E-state index is -0.355. The van der Waals surface area contributed by atoms with Gasteiger partial charge >= 0.3 is 6.03 Å². The zero-order valence-electron chi connectivity index (χ0n) is 16.7. The summed E-state index contributed by atoms with van der Waals surface area (Å²) in [5.74, 6) is -0.0822. The van der Waals surface area contributed by atoms with Gasteiger partial charge in [0.2, 0.25) is 0 Å². The average Bonchev–Trinajstić information content (AvgIpc) is 3.08. The lowest BCUT2D eigenvalue weighted by Gasteiger charge is -2.44. The second-order valence-electron chi connectivity index (χ2n) is 7.84. The van der Waals surface area contributed by atoms with Crippen LogP contribution in [-0.4, -0.2) is 71.8 Å². The van der Waals surface area contributed by atoms with Crippen LogP contribution in [0.1, 0.15) is 31.7 Å². The number of fused-ring (bicyclic) bond motifs is 3. The number of amides is 3. The van der Waals surface area contributed by atoms with Crippen molar-refractivity contribution in [2.75, 3.05) is 31.6 Å². The van der Waals surface area contributed by atoms with Crippen molar-refractivity contribution in [2.24, 2.45) is 0 Å². The number of halogens is 1. The number of nitrogens with zero attached hydrogens (tertiary/aromatic N) is 4. The van der Waals surface area contributed by atoms with E-state index in [1.807, 2.05) is 19.1 Å². The van der Waals surface area contributed by atoms with Gasteiger partial charge in [0, 0.05) is 37.4 Å². The SMILES string of the molecule is CCCCN1C(=O)C2C(NC3N(c4cccc(Cl)c4C)CCCN23)N(C)C1=O. The summed E-state index contributed by atoms with van der Waals surface area (Å²) in [6.07, 6.45) is 2.27. The Morgan fingerprint density at radius 1 is 1.25 bits per heavy atom. The van der Waals surface area contributed by atoms with Gasteiger partial charge in [-0.2, -0.15) is 0 Å². The molecule has 28 heavy (non-hydrogen) atoms. The number of hydrogen-bond donors (Lipinski definition) is 1. The van der Waals surface area contributed by atoms with E-state index in [-0.39, 0.29) is 30.4 Å². The van der Waals surface area contributed by atoms with Gasteiger partial charge in [-0.1, -0.05) is 31.0 Å². The number of nitrogens with one attached hydrogen (secondary N) is 1. The molecule has 3 fully saturated rings. The fraction of sp³-hybridized carbons (Fsp3) is 0.600. The summed E-state index contributed by atoms with van der Waals surface area (Å²) in [7, 11) is 1.78. The zero-order chi connectivity index (χ0) is 20.0. The van der Waals surface area contributed by atoms with Crippen LogP contribution in [0.4, 0.5) is 10.5 Å². The summed E-state index contributed by atoms with van der Waals surface area (Å²) in [4.78, 5) is 33.6. The van der Waals surface area contributed by atoms with Crippen molar-refractivity contribution in [1.29, 1.82) is 0 Å². The summed E-state index contributed by atoms with van der Waals surface area (Å²) in [6.45, 7) is 6.27. The number of carbonyl (C=O) groups is 2. The molecular weight excluding hydrogens is 378 g/mol. The molecule has 0 saturated carbocycles. The van der Waals surface area contributed by atoms with Gasteiger partial charge in [-0.15, -0.1) is 0 Å². The lowest BCUT2D eigenvalue weighted by atomic mass is 10.1. The molecule has 3 aliphatic rings. The first-order chi connectivity index (χ1) is 13.5. The lowest BCUT2D eigenvalue weighted by Crippen LogP contribution is -2.66. The molecule has 3 atom stereocenters. The van der Waals surface area contributed by atoms with Gasteiger partial charge in [-0.05, 0) is 37.5 Å². The third-order valence-electron chi connectivity index (χ3n) is 6.15. The van der Waals surface area contributed by atoms with Crippen molar-refractivity contribution in [2.45, 2.75) is 51.6 Å². The van der Waals surface area contributed by atoms with Crippen molar-refractivity contribution < 1.29 is 9.59 Å². The van der Waals surface area contributed by atoms with E-state index in [0.717, 1.165) is 48.6 Å². The molecule has 1 aromatic carbocycles. The van der Waals surface area contributed by atoms with Gasteiger partial charge in [-0.25, -0.2) is 4.79 Å². The third kappa shape index (κ3) is 2.96. The predicted octanol–water partition coefficient (Wildman–Crippen LogP) is 2.44. The molecule has 0 bridgehead atoms. The van der Waals surface area contributed by atoms with Crippen LogP contribution in [-0.2, 0) is 4.79 Å². The second kappa shape index (κ2) is 7.54. The first kappa shape index (κ1) is 19.5. The molecule has 0 aliphatic carbocycles. The molecule has 3 aliphatic heterocycles. The molecule has 0 spiro atoms. The highest BCUT2D eigenvalue weighted by Crippen LogP contribution is 2.35. The van der Waals surface area contributed by atoms with Crippen molar-refractivity contribution in [3.8, 4) is 0 Å². The number of carbonyl (C=O) groups excluding carboxylic acids is 2. The molecule has 1 N–H and O–H groups in total. The van der Waals surface area contributed by atoms with Gasteiger partial charge in [-0.3, -0.25) is 19.9 Å². The number of urea groups is 1. The van der Waals surface area contributed by atoms with Gasteiger partial charge in [0.25, 0.3) is 5.91 Å². The summed E-state index contributed by atoms with van der Waals surface area (Å²) >= 11 is 6.36. The summed E-state index contributed by atoms with van der Waals surface area (Å²) in [5.41, 5.74) is 2.10. The van der Waals surface area contributed by atoms with Gasteiger partial charge in [0.05, 0.1) is 0 Å². The molecule has 3 amide bonds. The number of hydrogen-bond acceptors (Lipinski definition) is 5. The number of anilines is 1. The van der Waals surface area contributed by atoms with Crippen LogP contribution < -0.4 is 10.2 Å². The zero-order valence-corrected chi connectivity index (χ0v) is 17.4. The Balaban J connectivity index is 1.65. The van der Waals surface area contributed by atoms with E-state index in [0.29, 0.717) is 6.54 Å². The Morgan fingerprint density at radius 2 is 2.04 bits per heavy atom. The maximum absolute atomic E-state index is 13.2. The normalized spacial score (nSPS) is 28.0. The van der Waals surface area contributed by atoms with E-state index in [2.05, 4.69) is 28.1 Å². The topological polar surface area (TPSA) is 59.1 Å². The molecule has 3 heterocycles. The van der Waals surface area contributed by atoms with Crippen LogP contribution in [0.25, 0.3) is 0 Å². The number of likely N-dealkylation sites (N-methyl/N-ethyl adjacent to an activating group) is 1. The van der Waals surface area contributed by atoms with E-state index in [1.165, 1.54) is 4.90 Å². The highest BCUT2D eigenvalue weighted by atomic mass is 35.5. The van der Waals surface area contributed by atoms with Crippen LogP contribution in [0, 0.1) is 6.92 Å². The van der Waals surface area contributed by atoms with Crippen molar-refractivity contribution in [1.82, 2.24) is 20.0 Å². The molecule has 3 saturated heterocycles. The number of rotatable bonds is 4. The van der Waals surface area contributed by atoms with Gasteiger partial charge < -0.3 is 9.80 Å². The Hall–Kier alpha value is -1.83. The Bertz CT molecular complexity index is 788. The van der Waals surface area contributed by atoms with Crippen molar-refractivity contribution in [3.63, 3.8) is 0 Å². The first-order valence-electron chi connectivity index (χ1n) is 10.1. The van der Waals surface area contributed by atoms with Crippen molar-refractivity contribution >= 4 is 29.2 Å². The van der Waals surface area contributed by atoms with Gasteiger partial charge in [0.1, 0.15) is 18.5 Å². The molecule has 3 unspecified atom stereocenters. The number of imide groups is 1. The van der Waals surface area contributed by atoms with Crippen LogP contribution in [0.15, 0.2) is 18.2 Å². The maximum atomic E-state index is 13.2. The average molecular weight is 406 g/mol. The number of benzene rings is 1. The molecule has 0 radical (unpaired) electrons.